The summed E-state index contributed by atoms with van der Waals surface area (Å²) in [5.74, 6) is 0.963. The van der Waals surface area contributed by atoms with E-state index in [0.717, 1.165) is 12.2 Å². The number of unbranched alkanes of at least 4 members (excludes halogenated alkanes) is 9. The smallest absolute Gasteiger partial charge is 0.322 e. The van der Waals surface area contributed by atoms with Gasteiger partial charge in [-0.3, -0.25) is 4.79 Å². The number of thioether (sulfide) groups is 1. The summed E-state index contributed by atoms with van der Waals surface area (Å²) in [4.78, 5) is 11.5. The number of hydrogen-bond donors (Lipinski definition) is 0. The maximum Gasteiger partial charge on any atom is 0.322 e. The molecule has 0 N–H and O–H groups in total. The third-order valence-corrected chi connectivity index (χ3v) is 5.34. The van der Waals surface area contributed by atoms with Crippen LogP contribution in [0.5, 0.6) is 0 Å². The molecule has 1 unspecified atom stereocenters. The Morgan fingerprint density at radius 1 is 1.00 bits per heavy atom. The molecule has 3 heteroatoms. The number of esters is 1. The molecule has 1 aliphatic heterocycles. The van der Waals surface area contributed by atoms with E-state index in [1.54, 1.807) is 11.8 Å². The van der Waals surface area contributed by atoms with Gasteiger partial charge < -0.3 is 4.74 Å². The normalized spacial score (nSPS) is 21.4. The maximum absolute atomic E-state index is 11.5. The topological polar surface area (TPSA) is 26.3 Å². The van der Waals surface area contributed by atoms with Crippen LogP contribution in [-0.4, -0.2) is 23.6 Å². The summed E-state index contributed by atoms with van der Waals surface area (Å²) in [5, 5.41) is 0. The van der Waals surface area contributed by atoms with Crippen LogP contribution in [-0.2, 0) is 9.53 Å². The fourth-order valence-corrected chi connectivity index (χ4v) is 3.46. The Kier molecular flexibility index (Phi) is 8.60. The van der Waals surface area contributed by atoms with Gasteiger partial charge in [-0.15, -0.1) is 11.8 Å². The van der Waals surface area contributed by atoms with Crippen molar-refractivity contribution in [3.8, 4) is 0 Å². The lowest BCUT2D eigenvalue weighted by molar-refractivity contribution is -0.142. The van der Waals surface area contributed by atoms with Crippen molar-refractivity contribution in [3.63, 3.8) is 0 Å². The van der Waals surface area contributed by atoms with Gasteiger partial charge in [-0.2, -0.15) is 0 Å². The second-order valence-electron chi connectivity index (χ2n) is 5.71. The monoisotopic (exact) mass is 286 g/mol. The van der Waals surface area contributed by atoms with Crippen LogP contribution < -0.4 is 0 Å². The fraction of sp³-hybridized carbons (Fsp3) is 0.938. The van der Waals surface area contributed by atoms with Gasteiger partial charge in [0.1, 0.15) is 4.75 Å². The van der Waals surface area contributed by atoms with Crippen molar-refractivity contribution in [1.29, 1.82) is 0 Å². The molecular formula is C16H30O2S. The summed E-state index contributed by atoms with van der Waals surface area (Å²) in [6, 6.07) is 0. The van der Waals surface area contributed by atoms with Crippen LogP contribution >= 0.6 is 11.8 Å². The number of methoxy groups -OCH3 is 1. The Bertz CT molecular complexity index is 249. The molecule has 0 aromatic carbocycles. The quantitative estimate of drug-likeness (QED) is 0.288. The van der Waals surface area contributed by atoms with Crippen molar-refractivity contribution >= 4 is 17.7 Å². The number of ether oxygens (including phenoxy) is 1. The lowest BCUT2D eigenvalue weighted by Gasteiger charge is -2.10. The van der Waals surface area contributed by atoms with Crippen molar-refractivity contribution in [2.75, 3.05) is 12.9 Å². The second kappa shape index (κ2) is 9.68. The first-order valence-electron chi connectivity index (χ1n) is 7.97. The molecule has 0 bridgehead atoms. The molecule has 0 aliphatic carbocycles. The largest absolute Gasteiger partial charge is 0.468 e. The van der Waals surface area contributed by atoms with Gasteiger partial charge in [-0.1, -0.05) is 71.1 Å². The number of carbonyl (C=O) groups excluding carboxylic acids is 1. The second-order valence-corrected chi connectivity index (χ2v) is 7.07. The van der Waals surface area contributed by atoms with E-state index < -0.39 is 0 Å². The van der Waals surface area contributed by atoms with E-state index in [9.17, 15) is 4.79 Å². The zero-order chi connectivity index (χ0) is 14.0. The molecule has 19 heavy (non-hydrogen) atoms. The molecule has 1 fully saturated rings. The van der Waals surface area contributed by atoms with Crippen LogP contribution in [0.3, 0.4) is 0 Å². The highest BCUT2D eigenvalue weighted by Gasteiger charge is 2.51. The first kappa shape index (κ1) is 16.9. The summed E-state index contributed by atoms with van der Waals surface area (Å²) in [7, 11) is 1.50. The minimum atomic E-state index is -0.144. The summed E-state index contributed by atoms with van der Waals surface area (Å²) in [6.07, 6.45) is 14.5. The molecule has 1 rings (SSSR count). The maximum atomic E-state index is 11.5. The van der Waals surface area contributed by atoms with Crippen LogP contribution in [0.15, 0.2) is 0 Å². The van der Waals surface area contributed by atoms with Gasteiger partial charge in [0.2, 0.25) is 0 Å². The highest BCUT2D eigenvalue weighted by molar-refractivity contribution is 8.08. The van der Waals surface area contributed by atoms with Crippen molar-refractivity contribution in [1.82, 2.24) is 0 Å². The van der Waals surface area contributed by atoms with Crippen LogP contribution in [0.2, 0.25) is 0 Å². The Morgan fingerprint density at radius 3 is 1.89 bits per heavy atom. The van der Waals surface area contributed by atoms with E-state index >= 15 is 0 Å². The van der Waals surface area contributed by atoms with E-state index in [4.69, 9.17) is 4.74 Å². The average molecular weight is 286 g/mol. The Balaban J connectivity index is 1.85. The van der Waals surface area contributed by atoms with Gasteiger partial charge in [0.25, 0.3) is 0 Å². The molecule has 1 aliphatic rings. The molecule has 0 amide bonds. The van der Waals surface area contributed by atoms with Gasteiger partial charge in [0, 0.05) is 5.75 Å². The first-order valence-corrected chi connectivity index (χ1v) is 8.96. The van der Waals surface area contributed by atoms with Gasteiger partial charge in [-0.05, 0) is 6.42 Å². The Morgan fingerprint density at radius 2 is 1.47 bits per heavy atom. The number of rotatable bonds is 12. The average Bonchev–Trinajstić information content (AvgIpc) is 3.21. The SMILES string of the molecule is CCCCCCCCCCCCC1(C(=O)OC)CS1. The molecule has 1 heterocycles. The molecule has 2 nitrogen and oxygen atoms in total. The van der Waals surface area contributed by atoms with Crippen LogP contribution in [0.4, 0.5) is 0 Å². The summed E-state index contributed by atoms with van der Waals surface area (Å²) >= 11 is 1.75. The van der Waals surface area contributed by atoms with E-state index in [1.165, 1.54) is 71.3 Å². The van der Waals surface area contributed by atoms with Gasteiger partial charge in [0.05, 0.1) is 7.11 Å². The zero-order valence-corrected chi connectivity index (χ0v) is 13.5. The predicted molar refractivity (Wildman–Crippen MR) is 83.7 cm³/mol. The molecule has 0 aromatic rings. The number of carbonyl (C=O) groups is 1. The summed E-state index contributed by atoms with van der Waals surface area (Å²) in [6.45, 7) is 2.26. The third kappa shape index (κ3) is 6.69. The summed E-state index contributed by atoms with van der Waals surface area (Å²) in [5.41, 5.74) is 0. The Hall–Kier alpha value is -0.180. The van der Waals surface area contributed by atoms with Crippen LogP contribution in [0.25, 0.3) is 0 Å². The van der Waals surface area contributed by atoms with E-state index in [1.807, 2.05) is 0 Å². The molecule has 112 valence electrons. The molecule has 0 radical (unpaired) electrons. The minimum absolute atomic E-state index is 0.00609. The standard InChI is InChI=1S/C16H30O2S/c1-3-4-5-6-7-8-9-10-11-12-13-16(14-19-16)15(17)18-2/h3-14H2,1-2H3. The van der Waals surface area contributed by atoms with Crippen molar-refractivity contribution in [2.45, 2.75) is 82.3 Å². The lowest BCUT2D eigenvalue weighted by Crippen LogP contribution is -2.24. The molecule has 1 saturated heterocycles. The van der Waals surface area contributed by atoms with Gasteiger partial charge in [0.15, 0.2) is 0 Å². The van der Waals surface area contributed by atoms with Crippen molar-refractivity contribution in [3.05, 3.63) is 0 Å². The third-order valence-electron chi connectivity index (χ3n) is 3.98. The highest BCUT2D eigenvalue weighted by Crippen LogP contribution is 2.49. The fourth-order valence-electron chi connectivity index (χ4n) is 2.54. The molecular weight excluding hydrogens is 256 g/mol. The molecule has 0 spiro atoms. The van der Waals surface area contributed by atoms with Crippen LogP contribution in [0, 0.1) is 0 Å². The van der Waals surface area contributed by atoms with Crippen molar-refractivity contribution < 1.29 is 9.53 Å². The Labute approximate surface area is 123 Å². The van der Waals surface area contributed by atoms with E-state index in [-0.39, 0.29) is 10.7 Å². The number of hydrogen-bond acceptors (Lipinski definition) is 3. The molecule has 0 saturated carbocycles. The minimum Gasteiger partial charge on any atom is -0.468 e. The van der Waals surface area contributed by atoms with Crippen LogP contribution in [0.1, 0.15) is 77.6 Å². The van der Waals surface area contributed by atoms with Crippen molar-refractivity contribution in [2.24, 2.45) is 0 Å². The zero-order valence-electron chi connectivity index (χ0n) is 12.7. The molecule has 0 aromatic heterocycles. The van der Waals surface area contributed by atoms with Gasteiger partial charge >= 0.3 is 5.97 Å². The van der Waals surface area contributed by atoms with Gasteiger partial charge in [-0.25, -0.2) is 0 Å². The highest BCUT2D eigenvalue weighted by atomic mass is 32.2. The van der Waals surface area contributed by atoms with E-state index in [2.05, 4.69) is 6.92 Å². The van der Waals surface area contributed by atoms with E-state index in [0.29, 0.717) is 0 Å². The lowest BCUT2D eigenvalue weighted by atomic mass is 10.0. The molecule has 1 atom stereocenters. The summed E-state index contributed by atoms with van der Waals surface area (Å²) < 4.78 is 4.72. The first-order chi connectivity index (χ1) is 9.25. The predicted octanol–water partition coefficient (Wildman–Crippen LogP) is 4.96.